The molecule has 0 atom stereocenters. The first-order chi connectivity index (χ1) is 8.97. The summed E-state index contributed by atoms with van der Waals surface area (Å²) in [5.74, 6) is 0.151. The van der Waals surface area contributed by atoms with Crippen molar-refractivity contribution in [3.63, 3.8) is 0 Å². The molecule has 98 valence electrons. The predicted molar refractivity (Wildman–Crippen MR) is 82.7 cm³/mol. The van der Waals surface area contributed by atoms with Gasteiger partial charge in [-0.25, -0.2) is 4.79 Å². The van der Waals surface area contributed by atoms with Gasteiger partial charge in [-0.2, -0.15) is 0 Å². The molecule has 2 rings (SSSR count). The molecule has 0 radical (unpaired) electrons. The summed E-state index contributed by atoms with van der Waals surface area (Å²) in [4.78, 5) is 12.1. The highest BCUT2D eigenvalue weighted by Crippen LogP contribution is 2.28. The van der Waals surface area contributed by atoms with E-state index in [9.17, 15) is 4.79 Å². The molecule has 2 aromatic carbocycles. The van der Waals surface area contributed by atoms with E-state index in [4.69, 9.17) is 4.74 Å². The molecule has 0 aromatic heterocycles. The van der Waals surface area contributed by atoms with Gasteiger partial charge >= 0.3 is 5.97 Å². The van der Waals surface area contributed by atoms with Gasteiger partial charge in [0.1, 0.15) is 5.75 Å². The van der Waals surface area contributed by atoms with Crippen LogP contribution in [0.5, 0.6) is 5.75 Å². The van der Waals surface area contributed by atoms with Crippen molar-refractivity contribution in [2.45, 2.75) is 13.8 Å². The number of benzene rings is 2. The van der Waals surface area contributed by atoms with Crippen LogP contribution in [0.2, 0.25) is 0 Å². The van der Waals surface area contributed by atoms with Gasteiger partial charge in [0, 0.05) is 4.47 Å². The van der Waals surface area contributed by atoms with Gasteiger partial charge in [-0.15, -0.1) is 0 Å². The number of ether oxygens (including phenoxy) is 1. The third-order valence-corrected chi connectivity index (χ3v) is 3.95. The van der Waals surface area contributed by atoms with Crippen molar-refractivity contribution in [3.8, 4) is 5.75 Å². The highest BCUT2D eigenvalue weighted by molar-refractivity contribution is 9.11. The van der Waals surface area contributed by atoms with Crippen molar-refractivity contribution < 1.29 is 9.53 Å². The number of hydrogen-bond acceptors (Lipinski definition) is 2. The predicted octanol–water partition coefficient (Wildman–Crippen LogP) is 5.05. The third kappa shape index (κ3) is 3.45. The lowest BCUT2D eigenvalue weighted by Crippen LogP contribution is -2.09. The molecule has 0 heterocycles. The number of hydrogen-bond donors (Lipinski definition) is 0. The van der Waals surface area contributed by atoms with E-state index in [-0.39, 0.29) is 5.97 Å². The molecule has 0 saturated heterocycles. The zero-order valence-electron chi connectivity index (χ0n) is 10.5. The molecule has 0 unspecified atom stereocenters. The zero-order chi connectivity index (χ0) is 14.0. The van der Waals surface area contributed by atoms with Crippen molar-refractivity contribution >= 4 is 37.8 Å². The van der Waals surface area contributed by atoms with Crippen LogP contribution in [-0.2, 0) is 0 Å². The average Bonchev–Trinajstić information content (AvgIpc) is 2.36. The molecular formula is C15H12Br2O2. The van der Waals surface area contributed by atoms with Gasteiger partial charge in [0.25, 0.3) is 0 Å². The molecule has 4 heteroatoms. The van der Waals surface area contributed by atoms with E-state index in [0.29, 0.717) is 11.3 Å². The van der Waals surface area contributed by atoms with Gasteiger partial charge in [-0.1, -0.05) is 22.0 Å². The van der Waals surface area contributed by atoms with Crippen LogP contribution in [0.25, 0.3) is 0 Å². The number of esters is 1. The lowest BCUT2D eigenvalue weighted by molar-refractivity contribution is 0.0733. The maximum absolute atomic E-state index is 12.1. The maximum Gasteiger partial charge on any atom is 0.343 e. The standard InChI is InChI=1S/C15H12Br2O2/c1-9-3-4-11(7-10(9)2)15(18)19-14-6-5-12(16)8-13(14)17/h3-8H,1-2H3. The van der Waals surface area contributed by atoms with Crippen LogP contribution in [0.15, 0.2) is 45.3 Å². The molecule has 2 aromatic rings. The molecule has 0 saturated carbocycles. The van der Waals surface area contributed by atoms with Crippen LogP contribution >= 0.6 is 31.9 Å². The summed E-state index contributed by atoms with van der Waals surface area (Å²) >= 11 is 6.72. The Morgan fingerprint density at radius 2 is 1.74 bits per heavy atom. The van der Waals surface area contributed by atoms with Crippen molar-refractivity contribution in [2.75, 3.05) is 0 Å². The van der Waals surface area contributed by atoms with Crippen LogP contribution < -0.4 is 4.74 Å². The Morgan fingerprint density at radius 3 is 2.37 bits per heavy atom. The molecule has 0 aliphatic heterocycles. The summed E-state index contributed by atoms with van der Waals surface area (Å²) in [5, 5.41) is 0. The molecule has 0 bridgehead atoms. The fourth-order valence-electron chi connectivity index (χ4n) is 1.59. The van der Waals surface area contributed by atoms with E-state index >= 15 is 0 Å². The Hall–Kier alpha value is -1.13. The van der Waals surface area contributed by atoms with E-state index in [0.717, 1.165) is 20.1 Å². The fourth-order valence-corrected chi connectivity index (χ4v) is 2.71. The summed E-state index contributed by atoms with van der Waals surface area (Å²) in [6.45, 7) is 3.98. The molecule has 0 spiro atoms. The topological polar surface area (TPSA) is 26.3 Å². The average molecular weight is 384 g/mol. The molecular weight excluding hydrogens is 372 g/mol. The quantitative estimate of drug-likeness (QED) is 0.535. The smallest absolute Gasteiger partial charge is 0.343 e. The minimum absolute atomic E-state index is 0.355. The molecule has 0 aliphatic rings. The van der Waals surface area contributed by atoms with Crippen molar-refractivity contribution in [1.82, 2.24) is 0 Å². The van der Waals surface area contributed by atoms with Gasteiger partial charge in [0.15, 0.2) is 0 Å². The third-order valence-electron chi connectivity index (χ3n) is 2.84. The molecule has 0 aliphatic carbocycles. The summed E-state index contributed by atoms with van der Waals surface area (Å²) in [5.41, 5.74) is 2.78. The van der Waals surface area contributed by atoms with Gasteiger partial charge in [-0.05, 0) is 71.2 Å². The van der Waals surface area contributed by atoms with Gasteiger partial charge in [-0.3, -0.25) is 0 Å². The first-order valence-electron chi connectivity index (χ1n) is 5.72. The molecule has 0 N–H and O–H groups in total. The van der Waals surface area contributed by atoms with E-state index in [1.807, 2.05) is 38.1 Å². The first-order valence-corrected chi connectivity index (χ1v) is 7.30. The molecule has 2 nitrogen and oxygen atoms in total. The fraction of sp³-hybridized carbons (Fsp3) is 0.133. The first kappa shape index (κ1) is 14.3. The lowest BCUT2D eigenvalue weighted by Gasteiger charge is -2.08. The Kier molecular flexibility index (Phi) is 4.42. The minimum Gasteiger partial charge on any atom is -0.422 e. The number of carbonyl (C=O) groups is 1. The van der Waals surface area contributed by atoms with Crippen LogP contribution in [0.4, 0.5) is 0 Å². The largest absolute Gasteiger partial charge is 0.422 e. The number of carbonyl (C=O) groups excluding carboxylic acids is 1. The number of aryl methyl sites for hydroxylation is 2. The van der Waals surface area contributed by atoms with Crippen LogP contribution in [0.3, 0.4) is 0 Å². The summed E-state index contributed by atoms with van der Waals surface area (Å²) in [6, 6.07) is 10.9. The Bertz CT molecular complexity index is 636. The summed E-state index contributed by atoms with van der Waals surface area (Å²) in [6.07, 6.45) is 0. The lowest BCUT2D eigenvalue weighted by atomic mass is 10.1. The SMILES string of the molecule is Cc1ccc(C(=O)Oc2ccc(Br)cc2Br)cc1C. The number of halogens is 2. The van der Waals surface area contributed by atoms with Gasteiger partial charge in [0.2, 0.25) is 0 Å². The Balaban J connectivity index is 2.23. The van der Waals surface area contributed by atoms with Crippen molar-refractivity contribution in [3.05, 3.63) is 62.0 Å². The summed E-state index contributed by atoms with van der Waals surface area (Å²) in [7, 11) is 0. The molecule has 19 heavy (non-hydrogen) atoms. The molecule has 0 fully saturated rings. The Labute approximate surface area is 129 Å². The van der Waals surface area contributed by atoms with E-state index in [2.05, 4.69) is 31.9 Å². The van der Waals surface area contributed by atoms with Crippen molar-refractivity contribution in [1.29, 1.82) is 0 Å². The Morgan fingerprint density at radius 1 is 1.00 bits per heavy atom. The van der Waals surface area contributed by atoms with Crippen LogP contribution in [0, 0.1) is 13.8 Å². The van der Waals surface area contributed by atoms with Crippen molar-refractivity contribution in [2.24, 2.45) is 0 Å². The summed E-state index contributed by atoms with van der Waals surface area (Å²) < 4.78 is 7.03. The maximum atomic E-state index is 12.1. The second-order valence-corrected chi connectivity index (χ2v) is 6.03. The van der Waals surface area contributed by atoms with Gasteiger partial charge < -0.3 is 4.74 Å². The van der Waals surface area contributed by atoms with Gasteiger partial charge in [0.05, 0.1) is 10.0 Å². The minimum atomic E-state index is -0.355. The highest BCUT2D eigenvalue weighted by atomic mass is 79.9. The second-order valence-electron chi connectivity index (χ2n) is 4.26. The second kappa shape index (κ2) is 5.88. The number of rotatable bonds is 2. The normalized spacial score (nSPS) is 10.3. The highest BCUT2D eigenvalue weighted by Gasteiger charge is 2.11. The molecule has 0 amide bonds. The van der Waals surface area contributed by atoms with E-state index in [1.165, 1.54) is 0 Å². The van der Waals surface area contributed by atoms with E-state index < -0.39 is 0 Å². The van der Waals surface area contributed by atoms with Crippen LogP contribution in [0.1, 0.15) is 21.5 Å². The van der Waals surface area contributed by atoms with E-state index in [1.54, 1.807) is 12.1 Å². The van der Waals surface area contributed by atoms with Crippen LogP contribution in [-0.4, -0.2) is 5.97 Å². The monoisotopic (exact) mass is 382 g/mol. The zero-order valence-corrected chi connectivity index (χ0v) is 13.7.